The van der Waals surface area contributed by atoms with Crippen molar-refractivity contribution in [2.75, 3.05) is 5.43 Å². The van der Waals surface area contributed by atoms with Crippen LogP contribution in [0, 0.1) is 0 Å². The van der Waals surface area contributed by atoms with Gasteiger partial charge in [0.05, 0.1) is 0 Å². The van der Waals surface area contributed by atoms with Crippen LogP contribution in [0.15, 0.2) is 37.4 Å². The van der Waals surface area contributed by atoms with E-state index in [1.54, 1.807) is 18.6 Å². The van der Waals surface area contributed by atoms with E-state index in [0.29, 0.717) is 0 Å². The molecule has 2 aromatic rings. The number of hydrogen-bond acceptors (Lipinski definition) is 3. The van der Waals surface area contributed by atoms with E-state index in [1.165, 1.54) is 28.1 Å². The van der Waals surface area contributed by atoms with E-state index in [9.17, 15) is 4.79 Å². The molecule has 6 nitrogen and oxygen atoms in total. The standard InChI is InChI=1S/C7H7N5O/c13-7(11-3-1-8-5-11)10-12-4-2-9-6-12/h1-6H,(H,10,13). The van der Waals surface area contributed by atoms with Gasteiger partial charge in [0.2, 0.25) is 0 Å². The van der Waals surface area contributed by atoms with E-state index in [4.69, 9.17) is 0 Å². The fourth-order valence-electron chi connectivity index (χ4n) is 0.873. The fraction of sp³-hybridized carbons (Fsp3) is 0. The molecule has 0 saturated heterocycles. The molecule has 2 rings (SSSR count). The van der Waals surface area contributed by atoms with Crippen LogP contribution in [-0.2, 0) is 0 Å². The normalized spacial score (nSPS) is 9.85. The Bertz CT molecular complexity index is 377. The van der Waals surface area contributed by atoms with Gasteiger partial charge in [-0.1, -0.05) is 0 Å². The zero-order chi connectivity index (χ0) is 9.10. The quantitative estimate of drug-likeness (QED) is 0.680. The molecule has 0 aliphatic heterocycles. The lowest BCUT2D eigenvalue weighted by Gasteiger charge is -2.03. The molecule has 1 amide bonds. The highest BCUT2D eigenvalue weighted by atomic mass is 16.2. The van der Waals surface area contributed by atoms with Crippen molar-refractivity contribution in [3.05, 3.63) is 37.4 Å². The van der Waals surface area contributed by atoms with Crippen molar-refractivity contribution in [2.45, 2.75) is 0 Å². The number of imidazole rings is 2. The van der Waals surface area contributed by atoms with Crippen LogP contribution in [0.1, 0.15) is 0 Å². The van der Waals surface area contributed by atoms with Gasteiger partial charge in [-0.3, -0.25) is 4.57 Å². The van der Waals surface area contributed by atoms with Crippen molar-refractivity contribution in [3.63, 3.8) is 0 Å². The average molecular weight is 177 g/mol. The monoisotopic (exact) mass is 177 g/mol. The molecular formula is C7H7N5O. The zero-order valence-corrected chi connectivity index (χ0v) is 6.66. The minimum absolute atomic E-state index is 0.282. The van der Waals surface area contributed by atoms with Crippen LogP contribution >= 0.6 is 0 Å². The molecule has 0 fully saturated rings. The van der Waals surface area contributed by atoms with Gasteiger partial charge in [-0.05, 0) is 0 Å². The van der Waals surface area contributed by atoms with Crippen LogP contribution in [-0.4, -0.2) is 25.2 Å². The summed E-state index contributed by atoms with van der Waals surface area (Å²) in [6, 6.07) is -0.282. The molecule has 66 valence electrons. The molecule has 0 unspecified atom stereocenters. The van der Waals surface area contributed by atoms with E-state index in [0.717, 1.165) is 0 Å². The van der Waals surface area contributed by atoms with E-state index >= 15 is 0 Å². The second-order valence-electron chi connectivity index (χ2n) is 2.36. The highest BCUT2D eigenvalue weighted by molar-refractivity contribution is 5.83. The van der Waals surface area contributed by atoms with Gasteiger partial charge >= 0.3 is 6.03 Å². The van der Waals surface area contributed by atoms with Crippen molar-refractivity contribution in [1.29, 1.82) is 0 Å². The zero-order valence-electron chi connectivity index (χ0n) is 6.66. The number of carbonyl (C=O) groups excluding carboxylic acids is 1. The Kier molecular flexibility index (Phi) is 1.79. The molecule has 2 heterocycles. The first-order chi connectivity index (χ1) is 6.36. The summed E-state index contributed by atoms with van der Waals surface area (Å²) in [5, 5.41) is 0. The van der Waals surface area contributed by atoms with Crippen LogP contribution in [0.4, 0.5) is 4.79 Å². The topological polar surface area (TPSA) is 64.7 Å². The summed E-state index contributed by atoms with van der Waals surface area (Å²) in [6.07, 6.45) is 9.23. The third kappa shape index (κ3) is 1.56. The number of amides is 1. The first-order valence-electron chi connectivity index (χ1n) is 3.63. The summed E-state index contributed by atoms with van der Waals surface area (Å²) >= 11 is 0. The van der Waals surface area contributed by atoms with Crippen LogP contribution in [0.5, 0.6) is 0 Å². The fourth-order valence-corrected chi connectivity index (χ4v) is 0.873. The molecule has 0 atom stereocenters. The Balaban J connectivity index is 2.08. The largest absolute Gasteiger partial charge is 0.345 e. The third-order valence-corrected chi connectivity index (χ3v) is 1.47. The highest BCUT2D eigenvalue weighted by Crippen LogP contribution is 1.87. The maximum absolute atomic E-state index is 11.3. The summed E-state index contributed by atoms with van der Waals surface area (Å²) in [6.45, 7) is 0. The van der Waals surface area contributed by atoms with Crippen LogP contribution in [0.3, 0.4) is 0 Å². The highest BCUT2D eigenvalue weighted by Gasteiger charge is 2.01. The van der Waals surface area contributed by atoms with Crippen molar-refractivity contribution < 1.29 is 4.79 Å². The average Bonchev–Trinajstić information content (AvgIpc) is 2.74. The van der Waals surface area contributed by atoms with Gasteiger partial charge in [-0.25, -0.2) is 24.9 Å². The van der Waals surface area contributed by atoms with Crippen LogP contribution in [0.25, 0.3) is 0 Å². The molecule has 0 saturated carbocycles. The lowest BCUT2D eigenvalue weighted by atomic mass is 10.8. The number of rotatable bonds is 1. The Morgan fingerprint density at radius 3 is 2.54 bits per heavy atom. The molecule has 0 radical (unpaired) electrons. The summed E-state index contributed by atoms with van der Waals surface area (Å²) in [5.41, 5.74) is 2.56. The minimum Gasteiger partial charge on any atom is -0.257 e. The van der Waals surface area contributed by atoms with Gasteiger partial charge in [0, 0.05) is 24.8 Å². The van der Waals surface area contributed by atoms with E-state index < -0.39 is 0 Å². The third-order valence-electron chi connectivity index (χ3n) is 1.47. The SMILES string of the molecule is O=C(Nn1ccnc1)n1ccnc1. The first kappa shape index (κ1) is 7.53. The molecule has 0 aliphatic carbocycles. The van der Waals surface area contributed by atoms with Crippen molar-refractivity contribution in [1.82, 2.24) is 19.2 Å². The Hall–Kier alpha value is -2.11. The van der Waals surface area contributed by atoms with Crippen molar-refractivity contribution >= 4 is 6.03 Å². The van der Waals surface area contributed by atoms with Crippen LogP contribution in [0.2, 0.25) is 0 Å². The second-order valence-corrected chi connectivity index (χ2v) is 2.36. The van der Waals surface area contributed by atoms with E-state index in [2.05, 4.69) is 15.4 Å². The molecular weight excluding hydrogens is 170 g/mol. The minimum atomic E-state index is -0.282. The Morgan fingerprint density at radius 1 is 1.15 bits per heavy atom. The van der Waals surface area contributed by atoms with Gasteiger partial charge in [-0.2, -0.15) is 0 Å². The lowest BCUT2D eigenvalue weighted by Crippen LogP contribution is -2.25. The van der Waals surface area contributed by atoms with E-state index in [-0.39, 0.29) is 6.03 Å². The molecule has 1 N–H and O–H groups in total. The van der Waals surface area contributed by atoms with Crippen molar-refractivity contribution in [2.24, 2.45) is 0 Å². The first-order valence-corrected chi connectivity index (χ1v) is 3.63. The smallest absolute Gasteiger partial charge is 0.257 e. The van der Waals surface area contributed by atoms with Gasteiger partial charge in [0.15, 0.2) is 0 Å². The summed E-state index contributed by atoms with van der Waals surface area (Å²) in [4.78, 5) is 18.9. The van der Waals surface area contributed by atoms with Crippen LogP contribution < -0.4 is 5.43 Å². The van der Waals surface area contributed by atoms with E-state index in [1.807, 2.05) is 0 Å². The lowest BCUT2D eigenvalue weighted by molar-refractivity contribution is 0.251. The predicted octanol–water partition coefficient (Wildman–Crippen LogP) is 0.291. The summed E-state index contributed by atoms with van der Waals surface area (Å²) < 4.78 is 2.79. The molecule has 0 aliphatic rings. The van der Waals surface area contributed by atoms with Gasteiger partial charge in [0.25, 0.3) is 0 Å². The molecule has 2 aromatic heterocycles. The second kappa shape index (κ2) is 3.10. The Morgan fingerprint density at radius 2 is 1.92 bits per heavy atom. The number of carbonyl (C=O) groups is 1. The number of nitrogens with one attached hydrogen (secondary N) is 1. The molecule has 0 aromatic carbocycles. The van der Waals surface area contributed by atoms with Gasteiger partial charge in [0.1, 0.15) is 12.7 Å². The summed E-state index contributed by atoms with van der Waals surface area (Å²) in [5.74, 6) is 0. The molecule has 13 heavy (non-hydrogen) atoms. The number of nitrogens with zero attached hydrogens (tertiary/aromatic N) is 4. The Labute approximate surface area is 73.8 Å². The van der Waals surface area contributed by atoms with Gasteiger partial charge < -0.3 is 0 Å². The summed E-state index contributed by atoms with van der Waals surface area (Å²) in [7, 11) is 0. The number of hydrogen-bond donors (Lipinski definition) is 1. The molecule has 0 spiro atoms. The maximum atomic E-state index is 11.3. The number of aromatic nitrogens is 4. The van der Waals surface area contributed by atoms with Crippen molar-refractivity contribution in [3.8, 4) is 0 Å². The molecule has 6 heteroatoms. The maximum Gasteiger partial charge on any atom is 0.345 e. The predicted molar refractivity (Wildman–Crippen MR) is 44.6 cm³/mol. The van der Waals surface area contributed by atoms with Gasteiger partial charge in [-0.15, -0.1) is 0 Å². The molecule has 0 bridgehead atoms.